The number of amides is 1. The van der Waals surface area contributed by atoms with Gasteiger partial charge in [0.15, 0.2) is 0 Å². The Kier molecular flexibility index (Phi) is 6.07. The molecule has 0 aromatic heterocycles. The van der Waals surface area contributed by atoms with Gasteiger partial charge in [0.25, 0.3) is 0 Å². The van der Waals surface area contributed by atoms with Gasteiger partial charge >= 0.3 is 0 Å². The summed E-state index contributed by atoms with van der Waals surface area (Å²) in [5.41, 5.74) is 0.705. The number of carbonyl (C=O) groups is 1. The van der Waals surface area contributed by atoms with Crippen LogP contribution < -0.4 is 9.21 Å². The van der Waals surface area contributed by atoms with Crippen molar-refractivity contribution in [1.82, 2.24) is 4.90 Å². The molecular formula is C20H23F2N3O3S. The summed E-state index contributed by atoms with van der Waals surface area (Å²) in [5, 5.41) is 0. The minimum absolute atomic E-state index is 0.222. The number of anilines is 2. The third-order valence-electron chi connectivity index (χ3n) is 4.93. The van der Waals surface area contributed by atoms with Crippen molar-refractivity contribution in [1.29, 1.82) is 0 Å². The minimum atomic E-state index is -3.77. The van der Waals surface area contributed by atoms with Gasteiger partial charge < -0.3 is 9.80 Å². The molecule has 1 fully saturated rings. The van der Waals surface area contributed by atoms with Gasteiger partial charge in [-0.1, -0.05) is 12.1 Å². The van der Waals surface area contributed by atoms with Crippen LogP contribution in [0.15, 0.2) is 48.5 Å². The van der Waals surface area contributed by atoms with Crippen molar-refractivity contribution in [2.45, 2.75) is 13.0 Å². The van der Waals surface area contributed by atoms with Crippen LogP contribution in [0.4, 0.5) is 20.2 Å². The fourth-order valence-electron chi connectivity index (χ4n) is 3.53. The van der Waals surface area contributed by atoms with Crippen molar-refractivity contribution in [3.05, 3.63) is 60.2 Å². The predicted molar refractivity (Wildman–Crippen MR) is 108 cm³/mol. The number of benzene rings is 2. The number of para-hydroxylation sites is 1. The van der Waals surface area contributed by atoms with Gasteiger partial charge in [0.05, 0.1) is 17.6 Å². The van der Waals surface area contributed by atoms with E-state index < -0.39 is 21.9 Å². The van der Waals surface area contributed by atoms with Crippen LogP contribution in [0.1, 0.15) is 6.92 Å². The van der Waals surface area contributed by atoms with E-state index in [-0.39, 0.29) is 17.4 Å². The van der Waals surface area contributed by atoms with Gasteiger partial charge in [-0.2, -0.15) is 0 Å². The average molecular weight is 423 g/mol. The highest BCUT2D eigenvalue weighted by molar-refractivity contribution is 7.92. The molecule has 1 atom stereocenters. The van der Waals surface area contributed by atoms with Crippen molar-refractivity contribution in [2.75, 3.05) is 41.6 Å². The smallest absolute Gasteiger partial charge is 0.246 e. The number of halogens is 2. The molecule has 1 saturated heterocycles. The molecule has 3 rings (SSSR count). The lowest BCUT2D eigenvalue weighted by molar-refractivity contribution is -0.132. The molecule has 0 unspecified atom stereocenters. The quantitative estimate of drug-likeness (QED) is 0.741. The summed E-state index contributed by atoms with van der Waals surface area (Å²) in [4.78, 5) is 16.4. The number of rotatable bonds is 5. The zero-order valence-corrected chi connectivity index (χ0v) is 17.1. The van der Waals surface area contributed by atoms with Crippen molar-refractivity contribution < 1.29 is 22.0 Å². The second-order valence-corrected chi connectivity index (χ2v) is 8.83. The SMILES string of the molecule is C[C@H](C(=O)N1CCN(c2ccccc2F)CC1)N(c1ccc(F)cc1)S(C)(=O)=O. The van der Waals surface area contributed by atoms with E-state index in [1.165, 1.54) is 25.1 Å². The molecule has 156 valence electrons. The summed E-state index contributed by atoms with van der Waals surface area (Å²) in [5.74, 6) is -1.17. The van der Waals surface area contributed by atoms with Crippen LogP contribution in [0.3, 0.4) is 0 Å². The Morgan fingerprint density at radius 3 is 2.14 bits per heavy atom. The Bertz CT molecular complexity index is 975. The first-order chi connectivity index (χ1) is 13.7. The second kappa shape index (κ2) is 8.36. The molecule has 29 heavy (non-hydrogen) atoms. The number of carbonyl (C=O) groups excluding carboxylic acids is 1. The highest BCUT2D eigenvalue weighted by atomic mass is 32.2. The molecular weight excluding hydrogens is 400 g/mol. The topological polar surface area (TPSA) is 60.9 Å². The maximum absolute atomic E-state index is 14.0. The molecule has 1 heterocycles. The Morgan fingerprint density at radius 2 is 1.59 bits per heavy atom. The molecule has 1 aliphatic rings. The zero-order valence-electron chi connectivity index (χ0n) is 16.3. The van der Waals surface area contributed by atoms with Crippen LogP contribution in [0.5, 0.6) is 0 Å². The summed E-state index contributed by atoms with van der Waals surface area (Å²) in [7, 11) is -3.77. The van der Waals surface area contributed by atoms with E-state index in [0.717, 1.165) is 22.7 Å². The Balaban J connectivity index is 1.73. The lowest BCUT2D eigenvalue weighted by atomic mass is 10.2. The Hall–Kier alpha value is -2.68. The van der Waals surface area contributed by atoms with Crippen LogP contribution in [0.25, 0.3) is 0 Å². The molecule has 0 spiro atoms. The summed E-state index contributed by atoms with van der Waals surface area (Å²) in [6.07, 6.45) is 1.01. The van der Waals surface area contributed by atoms with Crippen molar-refractivity contribution >= 4 is 27.3 Å². The maximum atomic E-state index is 14.0. The van der Waals surface area contributed by atoms with Crippen LogP contribution >= 0.6 is 0 Å². The summed E-state index contributed by atoms with van der Waals surface area (Å²) in [6, 6.07) is 10.4. The Morgan fingerprint density at radius 1 is 1.00 bits per heavy atom. The van der Waals surface area contributed by atoms with Crippen LogP contribution in [-0.4, -0.2) is 57.7 Å². The van der Waals surface area contributed by atoms with Crippen molar-refractivity contribution in [3.63, 3.8) is 0 Å². The van der Waals surface area contributed by atoms with Crippen LogP contribution in [-0.2, 0) is 14.8 Å². The molecule has 2 aromatic carbocycles. The van der Waals surface area contributed by atoms with Crippen molar-refractivity contribution in [2.24, 2.45) is 0 Å². The monoisotopic (exact) mass is 423 g/mol. The lowest BCUT2D eigenvalue weighted by Crippen LogP contribution is -2.55. The fourth-order valence-corrected chi connectivity index (χ4v) is 4.70. The van der Waals surface area contributed by atoms with Gasteiger partial charge in [0.1, 0.15) is 17.7 Å². The van der Waals surface area contributed by atoms with Gasteiger partial charge in [0.2, 0.25) is 15.9 Å². The van der Waals surface area contributed by atoms with Gasteiger partial charge in [-0.05, 0) is 43.3 Å². The molecule has 0 radical (unpaired) electrons. The van der Waals surface area contributed by atoms with Gasteiger partial charge in [0, 0.05) is 26.2 Å². The number of piperazine rings is 1. The van der Waals surface area contributed by atoms with E-state index in [2.05, 4.69) is 0 Å². The Labute approximate surface area is 169 Å². The molecule has 2 aromatic rings. The van der Waals surface area contributed by atoms with E-state index in [4.69, 9.17) is 0 Å². The first-order valence-corrected chi connectivity index (χ1v) is 11.1. The molecule has 1 aliphatic heterocycles. The molecule has 0 saturated carbocycles. The minimum Gasteiger partial charge on any atom is -0.366 e. The van der Waals surface area contributed by atoms with Crippen molar-refractivity contribution in [3.8, 4) is 0 Å². The largest absolute Gasteiger partial charge is 0.366 e. The molecule has 6 nitrogen and oxygen atoms in total. The number of hydrogen-bond donors (Lipinski definition) is 0. The third-order valence-corrected chi connectivity index (χ3v) is 6.17. The maximum Gasteiger partial charge on any atom is 0.246 e. The van der Waals surface area contributed by atoms with Gasteiger partial charge in [-0.3, -0.25) is 9.10 Å². The summed E-state index contributed by atoms with van der Waals surface area (Å²) >= 11 is 0. The van der Waals surface area contributed by atoms with Crippen LogP contribution in [0, 0.1) is 11.6 Å². The van der Waals surface area contributed by atoms with Crippen LogP contribution in [0.2, 0.25) is 0 Å². The number of nitrogens with zero attached hydrogens (tertiary/aromatic N) is 3. The highest BCUT2D eigenvalue weighted by Gasteiger charge is 2.33. The molecule has 9 heteroatoms. The van der Waals surface area contributed by atoms with E-state index in [1.54, 1.807) is 23.1 Å². The number of hydrogen-bond acceptors (Lipinski definition) is 4. The van der Waals surface area contributed by atoms with E-state index >= 15 is 0 Å². The highest BCUT2D eigenvalue weighted by Crippen LogP contribution is 2.24. The third kappa shape index (κ3) is 4.67. The lowest BCUT2D eigenvalue weighted by Gasteiger charge is -2.39. The first kappa shape index (κ1) is 21.0. The number of sulfonamides is 1. The van der Waals surface area contributed by atoms with Gasteiger partial charge in [-0.15, -0.1) is 0 Å². The summed E-state index contributed by atoms with van der Waals surface area (Å²) in [6.45, 7) is 3.08. The normalized spacial score (nSPS) is 15.9. The van der Waals surface area contributed by atoms with E-state index in [1.807, 2.05) is 4.90 Å². The summed E-state index contributed by atoms with van der Waals surface area (Å²) < 4.78 is 52.9. The van der Waals surface area contributed by atoms with Gasteiger partial charge in [-0.25, -0.2) is 17.2 Å². The molecule has 0 aliphatic carbocycles. The fraction of sp³-hybridized carbons (Fsp3) is 0.350. The first-order valence-electron chi connectivity index (χ1n) is 9.21. The second-order valence-electron chi connectivity index (χ2n) is 6.97. The van der Waals surface area contributed by atoms with E-state index in [0.29, 0.717) is 31.9 Å². The molecule has 0 N–H and O–H groups in total. The zero-order chi connectivity index (χ0) is 21.2. The molecule has 1 amide bonds. The average Bonchev–Trinajstić information content (AvgIpc) is 2.68. The standard InChI is InChI=1S/C20H23F2N3O3S/c1-15(25(29(2,27)28)17-9-7-16(21)8-10-17)20(26)24-13-11-23(12-14-24)19-6-4-3-5-18(19)22/h3-10,15H,11-14H2,1-2H3/t15-/m1/s1. The predicted octanol–water partition coefficient (Wildman–Crippen LogP) is 2.47. The molecule has 0 bridgehead atoms. The van der Waals surface area contributed by atoms with E-state index in [9.17, 15) is 22.0 Å².